The zero-order valence-corrected chi connectivity index (χ0v) is 11.6. The van der Waals surface area contributed by atoms with Gasteiger partial charge in [0.1, 0.15) is 11.5 Å². The number of aliphatic imine (C=N–C) groups is 2. The van der Waals surface area contributed by atoms with Crippen LogP contribution in [0.2, 0.25) is 0 Å². The van der Waals surface area contributed by atoms with E-state index in [1.807, 2.05) is 0 Å². The third-order valence-electron chi connectivity index (χ3n) is 3.63. The van der Waals surface area contributed by atoms with E-state index in [1.54, 1.807) is 11.2 Å². The van der Waals surface area contributed by atoms with Crippen LogP contribution in [0.4, 0.5) is 0 Å². The second-order valence-corrected chi connectivity index (χ2v) is 5.13. The number of rotatable bonds is 3. The predicted octanol–water partition coefficient (Wildman–Crippen LogP) is -2.57. The molecule has 0 spiro atoms. The van der Waals surface area contributed by atoms with Crippen LogP contribution in [-0.2, 0) is 4.74 Å². The molecule has 0 radical (unpaired) electrons. The highest BCUT2D eigenvalue weighted by Crippen LogP contribution is 2.22. The summed E-state index contributed by atoms with van der Waals surface area (Å²) in [5.74, 6) is 1.14. The normalized spacial score (nSPS) is 26.6. The molecule has 3 aliphatic rings. The maximum atomic E-state index is 9.61. The average Bonchev–Trinajstić information content (AvgIpc) is 2.97. The fraction of sp³-hybridized carbons (Fsp3) is 0.667. The van der Waals surface area contributed by atoms with Crippen LogP contribution in [0, 0.1) is 0 Å². The number of hydrogen-bond donors (Lipinski definition) is 4. The van der Waals surface area contributed by atoms with Crippen molar-refractivity contribution < 1.29 is 14.9 Å². The van der Waals surface area contributed by atoms with E-state index in [1.165, 1.54) is 0 Å². The summed E-state index contributed by atoms with van der Waals surface area (Å²) >= 11 is 0. The van der Waals surface area contributed by atoms with Gasteiger partial charge in [-0.25, -0.2) is 9.98 Å². The van der Waals surface area contributed by atoms with Crippen molar-refractivity contribution in [2.75, 3.05) is 39.5 Å². The molecule has 1 saturated heterocycles. The highest BCUT2D eigenvalue weighted by atomic mass is 16.5. The van der Waals surface area contributed by atoms with Crippen LogP contribution in [0.1, 0.15) is 0 Å². The van der Waals surface area contributed by atoms with E-state index in [4.69, 9.17) is 15.6 Å². The molecule has 0 saturated carbocycles. The zero-order valence-electron chi connectivity index (χ0n) is 11.6. The summed E-state index contributed by atoms with van der Waals surface area (Å²) in [5, 5.41) is 21.8. The Morgan fingerprint density at radius 2 is 2.24 bits per heavy atom. The fourth-order valence-electron chi connectivity index (χ4n) is 2.49. The first kappa shape index (κ1) is 14.1. The second-order valence-electron chi connectivity index (χ2n) is 5.13. The minimum atomic E-state index is -0.848. The van der Waals surface area contributed by atoms with Gasteiger partial charge in [0.05, 0.1) is 32.3 Å². The SMILES string of the molecule is NC1=C2NC(N3CCOCC3)=NC2N(CC(O)CO)C=N1. The van der Waals surface area contributed by atoms with Gasteiger partial charge in [0.25, 0.3) is 0 Å². The molecule has 0 bridgehead atoms. The van der Waals surface area contributed by atoms with Crippen LogP contribution in [0.3, 0.4) is 0 Å². The van der Waals surface area contributed by atoms with Gasteiger partial charge in [-0.15, -0.1) is 0 Å². The highest BCUT2D eigenvalue weighted by molar-refractivity contribution is 5.86. The number of aliphatic hydroxyl groups is 2. The number of nitrogens with one attached hydrogen (secondary N) is 1. The average molecular weight is 296 g/mol. The molecule has 116 valence electrons. The molecule has 3 heterocycles. The minimum absolute atomic E-state index is 0.239. The monoisotopic (exact) mass is 296 g/mol. The summed E-state index contributed by atoms with van der Waals surface area (Å²) in [6.07, 6.45) is 0.372. The standard InChI is InChI=1S/C12H20N6O3/c13-10-9-11(18(7-14-10)5-8(20)6-19)16-12(15-9)17-1-3-21-4-2-17/h7-8,11,19-20H,1-6,13H2,(H,15,16). The number of β-amino-alcohol motifs (C(OH)–C–C–N with tert-alkyl or cyclic N) is 1. The summed E-state index contributed by atoms with van der Waals surface area (Å²) in [5.41, 5.74) is 6.61. The second kappa shape index (κ2) is 5.88. The first-order chi connectivity index (χ1) is 10.2. The summed E-state index contributed by atoms with van der Waals surface area (Å²) in [6.45, 7) is 2.81. The van der Waals surface area contributed by atoms with Crippen LogP contribution >= 0.6 is 0 Å². The van der Waals surface area contributed by atoms with Gasteiger partial charge in [-0.3, -0.25) is 0 Å². The van der Waals surface area contributed by atoms with Crippen LogP contribution in [0.15, 0.2) is 21.5 Å². The third kappa shape index (κ3) is 2.80. The van der Waals surface area contributed by atoms with E-state index in [-0.39, 0.29) is 19.3 Å². The molecule has 2 atom stereocenters. The smallest absolute Gasteiger partial charge is 0.201 e. The number of hydrogen-bond acceptors (Lipinski definition) is 9. The largest absolute Gasteiger partial charge is 0.394 e. The fourth-order valence-corrected chi connectivity index (χ4v) is 2.49. The number of morpholine rings is 1. The van der Waals surface area contributed by atoms with Crippen LogP contribution < -0.4 is 11.1 Å². The number of nitrogens with zero attached hydrogens (tertiary/aromatic N) is 4. The first-order valence-corrected chi connectivity index (χ1v) is 6.95. The van der Waals surface area contributed by atoms with Crippen LogP contribution in [0.5, 0.6) is 0 Å². The Morgan fingerprint density at radius 3 is 2.95 bits per heavy atom. The number of fused-ring (bicyclic) bond motifs is 1. The van der Waals surface area contributed by atoms with Gasteiger partial charge in [0, 0.05) is 19.6 Å². The number of ether oxygens (including phenoxy) is 1. The van der Waals surface area contributed by atoms with Gasteiger partial charge in [-0.1, -0.05) is 0 Å². The summed E-state index contributed by atoms with van der Waals surface area (Å²) in [6, 6.07) is 0. The Kier molecular flexibility index (Phi) is 3.95. The van der Waals surface area contributed by atoms with Gasteiger partial charge in [0.15, 0.2) is 6.17 Å². The van der Waals surface area contributed by atoms with Crippen molar-refractivity contribution in [1.29, 1.82) is 0 Å². The molecule has 9 heteroatoms. The third-order valence-corrected chi connectivity index (χ3v) is 3.63. The van der Waals surface area contributed by atoms with E-state index in [9.17, 15) is 5.11 Å². The predicted molar refractivity (Wildman–Crippen MR) is 76.3 cm³/mol. The Balaban J connectivity index is 1.76. The topological polar surface area (TPSA) is 119 Å². The van der Waals surface area contributed by atoms with Crippen molar-refractivity contribution in [3.8, 4) is 0 Å². The van der Waals surface area contributed by atoms with Gasteiger partial charge in [-0.2, -0.15) is 0 Å². The lowest BCUT2D eigenvalue weighted by atomic mass is 10.2. The number of guanidine groups is 1. The maximum Gasteiger partial charge on any atom is 0.201 e. The van der Waals surface area contributed by atoms with E-state index >= 15 is 0 Å². The summed E-state index contributed by atoms with van der Waals surface area (Å²) in [7, 11) is 0. The highest BCUT2D eigenvalue weighted by Gasteiger charge is 2.35. The molecule has 0 aromatic rings. The Morgan fingerprint density at radius 1 is 1.48 bits per heavy atom. The quantitative estimate of drug-likeness (QED) is 0.452. The van der Waals surface area contributed by atoms with E-state index < -0.39 is 6.10 Å². The molecule has 21 heavy (non-hydrogen) atoms. The molecule has 0 aromatic carbocycles. The molecular weight excluding hydrogens is 276 g/mol. The van der Waals surface area contributed by atoms with Crippen LogP contribution in [-0.4, -0.2) is 84.0 Å². The Hall–Kier alpha value is -1.84. The molecule has 3 rings (SSSR count). The summed E-state index contributed by atoms with van der Waals surface area (Å²) in [4.78, 5) is 12.6. The molecule has 1 fully saturated rings. The lowest BCUT2D eigenvalue weighted by Crippen LogP contribution is -2.46. The van der Waals surface area contributed by atoms with Crippen molar-refractivity contribution in [3.63, 3.8) is 0 Å². The maximum absolute atomic E-state index is 9.61. The molecule has 5 N–H and O–H groups in total. The van der Waals surface area contributed by atoms with Crippen molar-refractivity contribution >= 4 is 12.3 Å². The van der Waals surface area contributed by atoms with E-state index in [0.29, 0.717) is 24.7 Å². The van der Waals surface area contributed by atoms with Gasteiger partial charge in [0.2, 0.25) is 5.96 Å². The number of aliphatic hydroxyl groups excluding tert-OH is 2. The van der Waals surface area contributed by atoms with Crippen LogP contribution in [0.25, 0.3) is 0 Å². The van der Waals surface area contributed by atoms with Crippen molar-refractivity contribution in [3.05, 3.63) is 11.5 Å². The molecular formula is C12H20N6O3. The van der Waals surface area contributed by atoms with Crippen molar-refractivity contribution in [2.45, 2.75) is 12.3 Å². The first-order valence-electron chi connectivity index (χ1n) is 6.95. The van der Waals surface area contributed by atoms with Crippen molar-refractivity contribution in [1.82, 2.24) is 15.1 Å². The van der Waals surface area contributed by atoms with Crippen molar-refractivity contribution in [2.24, 2.45) is 15.7 Å². The molecule has 0 amide bonds. The van der Waals surface area contributed by atoms with E-state index in [0.717, 1.165) is 19.0 Å². The lowest BCUT2D eigenvalue weighted by molar-refractivity contribution is 0.0667. The minimum Gasteiger partial charge on any atom is -0.394 e. The molecule has 0 aliphatic carbocycles. The molecule has 0 aromatic heterocycles. The van der Waals surface area contributed by atoms with Gasteiger partial charge >= 0.3 is 0 Å². The summed E-state index contributed by atoms with van der Waals surface area (Å²) < 4.78 is 5.33. The number of nitrogens with two attached hydrogens (primary N) is 1. The zero-order chi connectivity index (χ0) is 14.8. The lowest BCUT2D eigenvalue weighted by Gasteiger charge is -2.29. The molecule has 9 nitrogen and oxygen atoms in total. The molecule has 2 unspecified atom stereocenters. The van der Waals surface area contributed by atoms with Gasteiger partial charge in [-0.05, 0) is 0 Å². The Bertz CT molecular complexity index is 485. The molecule has 3 aliphatic heterocycles. The van der Waals surface area contributed by atoms with Gasteiger partial charge < -0.3 is 35.8 Å². The Labute approximate surface area is 122 Å². The van der Waals surface area contributed by atoms with E-state index in [2.05, 4.69) is 20.2 Å².